The third kappa shape index (κ3) is 9.48. The molecule has 11 heteroatoms. The van der Waals surface area contributed by atoms with Crippen molar-refractivity contribution in [3.8, 4) is 16.9 Å². The molecule has 0 unspecified atom stereocenters. The van der Waals surface area contributed by atoms with Crippen LogP contribution in [0.2, 0.25) is 0 Å². The largest absolute Gasteiger partial charge is 0.497 e. The highest BCUT2D eigenvalue weighted by molar-refractivity contribution is 6.01. The summed E-state index contributed by atoms with van der Waals surface area (Å²) >= 11 is 0. The third-order valence-corrected chi connectivity index (χ3v) is 8.01. The molecule has 0 saturated heterocycles. The predicted molar refractivity (Wildman–Crippen MR) is 180 cm³/mol. The molecule has 0 spiro atoms. The number of aliphatic hydroxyl groups is 1. The zero-order valence-corrected chi connectivity index (χ0v) is 28.1. The SMILES string of the molecule is CCCN(CCC)C(=O)c1cc(C(=O)N[C@@H](Cc2cc(F)cc(F)c2)[C@H](O)CNCc2cccc(OC)c2)cc(-c2c(C)noc2C)c1. The fraction of sp³-hybridized carbons (Fsp3) is 0.378. The molecule has 0 aliphatic carbocycles. The van der Waals surface area contributed by atoms with Gasteiger partial charge in [0.05, 0.1) is 24.9 Å². The van der Waals surface area contributed by atoms with E-state index in [4.69, 9.17) is 9.26 Å². The van der Waals surface area contributed by atoms with Crippen molar-refractivity contribution in [2.24, 2.45) is 0 Å². The number of nitrogens with one attached hydrogen (secondary N) is 2. The first-order valence-electron chi connectivity index (χ1n) is 16.2. The lowest BCUT2D eigenvalue weighted by Crippen LogP contribution is -2.48. The van der Waals surface area contributed by atoms with Gasteiger partial charge >= 0.3 is 0 Å². The molecule has 4 aromatic rings. The number of benzene rings is 3. The Hall–Kier alpha value is -4.61. The summed E-state index contributed by atoms with van der Waals surface area (Å²) in [6.45, 7) is 9.12. The summed E-state index contributed by atoms with van der Waals surface area (Å²) in [5.41, 5.74) is 3.54. The van der Waals surface area contributed by atoms with Crippen LogP contribution >= 0.6 is 0 Å². The molecule has 4 rings (SSSR count). The van der Waals surface area contributed by atoms with E-state index in [9.17, 15) is 23.5 Å². The minimum absolute atomic E-state index is 0.0570. The number of hydrogen-bond acceptors (Lipinski definition) is 7. The average molecular weight is 663 g/mol. The highest BCUT2D eigenvalue weighted by Gasteiger charge is 2.26. The summed E-state index contributed by atoms with van der Waals surface area (Å²) in [5.74, 6) is -1.08. The van der Waals surface area contributed by atoms with Crippen molar-refractivity contribution in [1.82, 2.24) is 20.7 Å². The number of aromatic nitrogens is 1. The molecule has 0 aliphatic rings. The minimum atomic E-state index is -1.15. The summed E-state index contributed by atoms with van der Waals surface area (Å²) in [7, 11) is 1.58. The lowest BCUT2D eigenvalue weighted by molar-refractivity contribution is 0.0755. The van der Waals surface area contributed by atoms with Crippen molar-refractivity contribution in [3.05, 3.63) is 106 Å². The van der Waals surface area contributed by atoms with Crippen LogP contribution < -0.4 is 15.4 Å². The molecular formula is C37H44F2N4O5. The Kier molecular flexibility index (Phi) is 12.8. The molecule has 0 aliphatic heterocycles. The van der Waals surface area contributed by atoms with Crippen molar-refractivity contribution in [2.75, 3.05) is 26.7 Å². The Balaban J connectivity index is 1.65. The van der Waals surface area contributed by atoms with E-state index in [1.54, 1.807) is 38.0 Å². The van der Waals surface area contributed by atoms with E-state index < -0.39 is 29.7 Å². The van der Waals surface area contributed by atoms with Crippen LogP contribution in [0.4, 0.5) is 8.78 Å². The van der Waals surface area contributed by atoms with Crippen LogP contribution in [-0.2, 0) is 13.0 Å². The highest BCUT2D eigenvalue weighted by Crippen LogP contribution is 2.29. The molecule has 1 heterocycles. The summed E-state index contributed by atoms with van der Waals surface area (Å²) < 4.78 is 38.9. The number of ether oxygens (including phenoxy) is 1. The van der Waals surface area contributed by atoms with E-state index in [0.29, 0.717) is 53.5 Å². The number of rotatable bonds is 16. The number of carbonyl (C=O) groups is 2. The number of carbonyl (C=O) groups excluding carboxylic acids is 2. The number of amides is 2. The number of halogens is 2. The van der Waals surface area contributed by atoms with Gasteiger partial charge in [0.1, 0.15) is 23.1 Å². The van der Waals surface area contributed by atoms with Gasteiger partial charge in [0.2, 0.25) is 0 Å². The van der Waals surface area contributed by atoms with E-state index in [0.717, 1.165) is 24.5 Å². The first-order chi connectivity index (χ1) is 23.0. The number of hydrogen-bond donors (Lipinski definition) is 3. The topological polar surface area (TPSA) is 117 Å². The van der Waals surface area contributed by atoms with E-state index in [1.807, 2.05) is 38.1 Å². The summed E-state index contributed by atoms with van der Waals surface area (Å²) in [5, 5.41) is 21.4. The molecule has 0 bridgehead atoms. The monoisotopic (exact) mass is 662 g/mol. The van der Waals surface area contributed by atoms with E-state index in [2.05, 4.69) is 15.8 Å². The summed E-state index contributed by atoms with van der Waals surface area (Å²) in [6.07, 6.45) is 0.337. The predicted octanol–water partition coefficient (Wildman–Crippen LogP) is 6.00. The third-order valence-electron chi connectivity index (χ3n) is 8.01. The van der Waals surface area contributed by atoms with Crippen molar-refractivity contribution in [3.63, 3.8) is 0 Å². The quantitative estimate of drug-likeness (QED) is 0.135. The van der Waals surface area contributed by atoms with Gasteiger partial charge in [0.15, 0.2) is 0 Å². The van der Waals surface area contributed by atoms with Crippen molar-refractivity contribution in [2.45, 2.75) is 65.6 Å². The normalized spacial score (nSPS) is 12.4. The van der Waals surface area contributed by atoms with E-state index in [-0.39, 0.29) is 30.0 Å². The van der Waals surface area contributed by atoms with Gasteiger partial charge in [-0.25, -0.2) is 8.78 Å². The maximum atomic E-state index is 14.1. The smallest absolute Gasteiger partial charge is 0.253 e. The molecule has 0 radical (unpaired) electrons. The van der Waals surface area contributed by atoms with Gasteiger partial charge in [-0.2, -0.15) is 0 Å². The number of aliphatic hydroxyl groups excluding tert-OH is 1. The second-order valence-electron chi connectivity index (χ2n) is 11.9. The average Bonchev–Trinajstić information content (AvgIpc) is 3.40. The molecule has 9 nitrogen and oxygen atoms in total. The molecule has 1 aromatic heterocycles. The van der Waals surface area contributed by atoms with Crippen LogP contribution in [0.3, 0.4) is 0 Å². The maximum Gasteiger partial charge on any atom is 0.253 e. The number of aryl methyl sites for hydroxylation is 2. The van der Waals surface area contributed by atoms with Crippen LogP contribution in [0.1, 0.15) is 70.0 Å². The van der Waals surface area contributed by atoms with Gasteiger partial charge in [-0.15, -0.1) is 0 Å². The van der Waals surface area contributed by atoms with Crippen molar-refractivity contribution < 1.29 is 32.7 Å². The number of methoxy groups -OCH3 is 1. The highest BCUT2D eigenvalue weighted by atomic mass is 19.1. The zero-order chi connectivity index (χ0) is 34.8. The second kappa shape index (κ2) is 17.0. The van der Waals surface area contributed by atoms with Crippen LogP contribution in [0.25, 0.3) is 11.1 Å². The lowest BCUT2D eigenvalue weighted by atomic mass is 9.96. The zero-order valence-electron chi connectivity index (χ0n) is 28.1. The molecule has 48 heavy (non-hydrogen) atoms. The van der Waals surface area contributed by atoms with Crippen molar-refractivity contribution >= 4 is 11.8 Å². The van der Waals surface area contributed by atoms with Crippen LogP contribution in [0, 0.1) is 25.5 Å². The molecule has 0 fully saturated rings. The Morgan fingerprint density at radius 2 is 1.65 bits per heavy atom. The Labute approximate surface area is 280 Å². The molecule has 2 amide bonds. The van der Waals surface area contributed by atoms with Crippen molar-refractivity contribution in [1.29, 1.82) is 0 Å². The van der Waals surface area contributed by atoms with Crippen LogP contribution in [0.15, 0.2) is 65.2 Å². The molecule has 2 atom stereocenters. The maximum absolute atomic E-state index is 14.1. The van der Waals surface area contributed by atoms with Gasteiger partial charge in [-0.05, 0) is 92.3 Å². The lowest BCUT2D eigenvalue weighted by Gasteiger charge is -2.26. The van der Waals surface area contributed by atoms with E-state index in [1.165, 1.54) is 18.2 Å². The van der Waals surface area contributed by atoms with Gasteiger partial charge in [0.25, 0.3) is 11.8 Å². The Morgan fingerprint density at radius 3 is 2.27 bits per heavy atom. The van der Waals surface area contributed by atoms with Crippen LogP contribution in [0.5, 0.6) is 5.75 Å². The molecule has 0 saturated carbocycles. The first kappa shape index (κ1) is 36.2. The summed E-state index contributed by atoms with van der Waals surface area (Å²) in [4.78, 5) is 29.5. The molecule has 3 N–H and O–H groups in total. The van der Waals surface area contributed by atoms with Gasteiger partial charge in [-0.1, -0.05) is 31.1 Å². The van der Waals surface area contributed by atoms with Gasteiger partial charge in [0, 0.05) is 48.9 Å². The fourth-order valence-electron chi connectivity index (χ4n) is 5.77. The summed E-state index contributed by atoms with van der Waals surface area (Å²) in [6, 6.07) is 14.5. The molecule has 3 aromatic carbocycles. The van der Waals surface area contributed by atoms with Gasteiger partial charge in [-0.3, -0.25) is 9.59 Å². The fourth-order valence-corrected chi connectivity index (χ4v) is 5.77. The molecular weight excluding hydrogens is 618 g/mol. The minimum Gasteiger partial charge on any atom is -0.497 e. The first-order valence-corrected chi connectivity index (χ1v) is 16.2. The Morgan fingerprint density at radius 1 is 0.958 bits per heavy atom. The number of nitrogens with zero attached hydrogens (tertiary/aromatic N) is 2. The van der Waals surface area contributed by atoms with E-state index >= 15 is 0 Å². The molecule has 256 valence electrons. The second-order valence-corrected chi connectivity index (χ2v) is 11.9. The van der Waals surface area contributed by atoms with Crippen LogP contribution in [-0.4, -0.2) is 65.9 Å². The van der Waals surface area contributed by atoms with Gasteiger partial charge < -0.3 is 29.9 Å². The Bertz CT molecular complexity index is 1660. The standard InChI is InChI=1S/C37H44F2N4O5/c1-6-11-43(12-7-2)37(46)29-18-27(35-23(3)42-48-24(35)4)17-28(19-29)36(45)41-33(16-26-13-30(38)20-31(39)14-26)34(44)22-40-21-25-9-8-10-32(15-25)47-5/h8-10,13-15,17-20,33-34,40,44H,6-7,11-12,16,21-22H2,1-5H3,(H,41,45)/t33-,34+/m0/s1.